The summed E-state index contributed by atoms with van der Waals surface area (Å²) in [7, 11) is 0. The molecular formula is C11H9N3O2. The molecule has 0 spiro atoms. The van der Waals surface area contributed by atoms with Crippen LogP contribution in [0.4, 0.5) is 0 Å². The number of aromatic amines is 1. The minimum Gasteiger partial charge on any atom is -0.342 e. The fourth-order valence-corrected chi connectivity index (χ4v) is 1.92. The van der Waals surface area contributed by atoms with Crippen LogP contribution in [0.1, 0.15) is 5.69 Å². The van der Waals surface area contributed by atoms with Gasteiger partial charge in [0, 0.05) is 25.0 Å². The summed E-state index contributed by atoms with van der Waals surface area (Å²) in [6.07, 6.45) is 5.40. The van der Waals surface area contributed by atoms with Crippen molar-refractivity contribution in [3.63, 3.8) is 0 Å². The number of aromatic nitrogens is 3. The summed E-state index contributed by atoms with van der Waals surface area (Å²) in [5.41, 5.74) is 1.00. The van der Waals surface area contributed by atoms with Crippen LogP contribution in [-0.2, 0) is 6.54 Å². The zero-order valence-corrected chi connectivity index (χ0v) is 8.38. The summed E-state index contributed by atoms with van der Waals surface area (Å²) in [5, 5.41) is 0. The molecule has 3 rings (SSSR count). The zero-order chi connectivity index (χ0) is 11.1. The highest BCUT2D eigenvalue weighted by Crippen LogP contribution is 2.21. The van der Waals surface area contributed by atoms with E-state index in [1.807, 2.05) is 29.0 Å². The first kappa shape index (κ1) is 8.96. The molecule has 0 atom stereocenters. The molecule has 0 saturated heterocycles. The van der Waals surface area contributed by atoms with E-state index in [-0.39, 0.29) is 5.56 Å². The van der Waals surface area contributed by atoms with E-state index in [4.69, 9.17) is 0 Å². The average molecular weight is 215 g/mol. The van der Waals surface area contributed by atoms with E-state index in [0.29, 0.717) is 0 Å². The number of H-pyrrole nitrogens is 1. The first-order valence-corrected chi connectivity index (χ1v) is 4.94. The van der Waals surface area contributed by atoms with Crippen molar-refractivity contribution < 1.29 is 0 Å². The van der Waals surface area contributed by atoms with Crippen LogP contribution >= 0.6 is 0 Å². The second-order valence-electron chi connectivity index (χ2n) is 3.62. The Labute approximate surface area is 90.3 Å². The molecule has 1 N–H and O–H groups in total. The molecule has 0 fully saturated rings. The molecular weight excluding hydrogens is 206 g/mol. The average Bonchev–Trinajstić information content (AvgIpc) is 2.80. The van der Waals surface area contributed by atoms with Gasteiger partial charge in [0.2, 0.25) is 0 Å². The molecule has 16 heavy (non-hydrogen) atoms. The molecule has 0 amide bonds. The van der Waals surface area contributed by atoms with Gasteiger partial charge >= 0.3 is 5.69 Å². The predicted octanol–water partition coefficient (Wildman–Crippen LogP) is 0.241. The van der Waals surface area contributed by atoms with Crippen LogP contribution in [0.15, 0.2) is 46.3 Å². The van der Waals surface area contributed by atoms with Gasteiger partial charge in [0.1, 0.15) is 0 Å². The highest BCUT2D eigenvalue weighted by atomic mass is 16.2. The van der Waals surface area contributed by atoms with Crippen LogP contribution < -0.4 is 11.2 Å². The summed E-state index contributed by atoms with van der Waals surface area (Å²) >= 11 is 0. The topological polar surface area (TPSA) is 59.8 Å². The van der Waals surface area contributed by atoms with Crippen LogP contribution in [0.5, 0.6) is 0 Å². The summed E-state index contributed by atoms with van der Waals surface area (Å²) in [6, 6.07) is 5.21. The van der Waals surface area contributed by atoms with Gasteiger partial charge in [0.05, 0.1) is 11.4 Å². The molecule has 1 aliphatic rings. The van der Waals surface area contributed by atoms with Crippen molar-refractivity contribution in [2.24, 2.45) is 0 Å². The van der Waals surface area contributed by atoms with Crippen molar-refractivity contribution >= 4 is 5.70 Å². The molecule has 80 valence electrons. The lowest BCUT2D eigenvalue weighted by atomic mass is 10.3. The SMILES string of the molecule is O=c1ccn(C2=CCn3cccc32)c(=O)[nH]1. The van der Waals surface area contributed by atoms with E-state index in [1.165, 1.54) is 16.8 Å². The quantitative estimate of drug-likeness (QED) is 0.740. The van der Waals surface area contributed by atoms with Gasteiger partial charge in [-0.05, 0) is 18.2 Å². The zero-order valence-electron chi connectivity index (χ0n) is 8.38. The summed E-state index contributed by atoms with van der Waals surface area (Å²) in [5.74, 6) is 0. The van der Waals surface area contributed by atoms with E-state index >= 15 is 0 Å². The fourth-order valence-electron chi connectivity index (χ4n) is 1.92. The highest BCUT2D eigenvalue weighted by molar-refractivity contribution is 5.66. The first-order chi connectivity index (χ1) is 7.75. The molecule has 0 aromatic carbocycles. The van der Waals surface area contributed by atoms with Gasteiger partial charge in [-0.25, -0.2) is 4.79 Å². The van der Waals surface area contributed by atoms with Crippen LogP contribution in [0.3, 0.4) is 0 Å². The molecule has 0 bridgehead atoms. The maximum Gasteiger partial charge on any atom is 0.332 e. The first-order valence-electron chi connectivity index (χ1n) is 4.94. The Bertz CT molecular complexity index is 687. The normalized spacial score (nSPS) is 13.6. The number of allylic oxidation sites excluding steroid dienone is 1. The predicted molar refractivity (Wildman–Crippen MR) is 59.1 cm³/mol. The third-order valence-corrected chi connectivity index (χ3v) is 2.66. The number of fused-ring (bicyclic) bond motifs is 1. The summed E-state index contributed by atoms with van der Waals surface area (Å²) in [4.78, 5) is 24.8. The van der Waals surface area contributed by atoms with E-state index in [9.17, 15) is 9.59 Å². The standard InChI is InChI=1S/C11H9N3O2/c15-10-4-7-14(11(16)12-10)9-3-6-13-5-1-2-8(9)13/h1-5,7H,6H2,(H,12,15,16). The Hall–Kier alpha value is -2.30. The summed E-state index contributed by atoms with van der Waals surface area (Å²) in [6.45, 7) is 0.753. The van der Waals surface area contributed by atoms with E-state index in [0.717, 1.165) is 17.9 Å². The third-order valence-electron chi connectivity index (χ3n) is 2.66. The molecule has 2 aromatic rings. The van der Waals surface area contributed by atoms with Crippen LogP contribution in [0, 0.1) is 0 Å². The van der Waals surface area contributed by atoms with E-state index in [2.05, 4.69) is 4.98 Å². The van der Waals surface area contributed by atoms with E-state index in [1.54, 1.807) is 0 Å². The van der Waals surface area contributed by atoms with Crippen molar-refractivity contribution in [2.75, 3.05) is 0 Å². The van der Waals surface area contributed by atoms with Gasteiger partial charge in [0.25, 0.3) is 5.56 Å². The smallest absolute Gasteiger partial charge is 0.332 e. The van der Waals surface area contributed by atoms with Gasteiger partial charge in [-0.2, -0.15) is 0 Å². The Balaban J connectivity index is 2.20. The molecule has 0 aliphatic carbocycles. The molecule has 5 heteroatoms. The lowest BCUT2D eigenvalue weighted by Gasteiger charge is -2.05. The Morgan fingerprint density at radius 3 is 2.88 bits per heavy atom. The number of hydrogen-bond acceptors (Lipinski definition) is 2. The number of nitrogens with zero attached hydrogens (tertiary/aromatic N) is 2. The van der Waals surface area contributed by atoms with Crippen molar-refractivity contribution in [1.29, 1.82) is 0 Å². The molecule has 0 unspecified atom stereocenters. The lowest BCUT2D eigenvalue weighted by molar-refractivity contribution is 0.842. The third kappa shape index (κ3) is 1.18. The largest absolute Gasteiger partial charge is 0.342 e. The van der Waals surface area contributed by atoms with Crippen molar-refractivity contribution in [2.45, 2.75) is 6.54 Å². The number of hydrogen-bond donors (Lipinski definition) is 1. The molecule has 0 radical (unpaired) electrons. The fraction of sp³-hybridized carbons (Fsp3) is 0.0909. The van der Waals surface area contributed by atoms with E-state index < -0.39 is 5.69 Å². The van der Waals surface area contributed by atoms with Crippen LogP contribution in [-0.4, -0.2) is 14.1 Å². The van der Waals surface area contributed by atoms with Gasteiger partial charge in [0.15, 0.2) is 0 Å². The van der Waals surface area contributed by atoms with Crippen molar-refractivity contribution in [3.05, 3.63) is 63.2 Å². The van der Waals surface area contributed by atoms with Crippen molar-refractivity contribution in [1.82, 2.24) is 14.1 Å². The minimum atomic E-state index is -0.409. The molecule has 3 heterocycles. The van der Waals surface area contributed by atoms with Gasteiger partial charge < -0.3 is 4.57 Å². The maximum absolute atomic E-state index is 11.6. The van der Waals surface area contributed by atoms with Gasteiger partial charge in [-0.1, -0.05) is 0 Å². The molecule has 1 aliphatic heterocycles. The van der Waals surface area contributed by atoms with Crippen LogP contribution in [0.25, 0.3) is 5.70 Å². The second-order valence-corrected chi connectivity index (χ2v) is 3.62. The lowest BCUT2D eigenvalue weighted by Crippen LogP contribution is -2.28. The van der Waals surface area contributed by atoms with Crippen molar-refractivity contribution in [3.8, 4) is 0 Å². The second kappa shape index (κ2) is 3.10. The monoisotopic (exact) mass is 215 g/mol. The Morgan fingerprint density at radius 2 is 2.06 bits per heavy atom. The molecule has 0 saturated carbocycles. The highest BCUT2D eigenvalue weighted by Gasteiger charge is 2.15. The van der Waals surface area contributed by atoms with Gasteiger partial charge in [-0.15, -0.1) is 0 Å². The minimum absolute atomic E-state index is 0.379. The van der Waals surface area contributed by atoms with Crippen LogP contribution in [0.2, 0.25) is 0 Å². The number of nitrogens with one attached hydrogen (secondary N) is 1. The molecule has 5 nitrogen and oxygen atoms in total. The Morgan fingerprint density at radius 1 is 1.19 bits per heavy atom. The maximum atomic E-state index is 11.6. The number of rotatable bonds is 1. The summed E-state index contributed by atoms with van der Waals surface area (Å²) < 4.78 is 3.48. The molecule has 2 aromatic heterocycles. The Kier molecular flexibility index (Phi) is 1.73. The van der Waals surface area contributed by atoms with Gasteiger partial charge in [-0.3, -0.25) is 14.3 Å².